The molecular formula is C14H13ClFNO2. The zero-order valence-electron chi connectivity index (χ0n) is 10.3. The topological polar surface area (TPSA) is 41.5 Å². The van der Waals surface area contributed by atoms with E-state index >= 15 is 0 Å². The summed E-state index contributed by atoms with van der Waals surface area (Å²) in [6.07, 6.45) is 0. The maximum atomic E-state index is 13.1. The number of rotatable bonds is 4. The van der Waals surface area contributed by atoms with Gasteiger partial charge in [0.05, 0.1) is 7.11 Å². The fourth-order valence-electron chi connectivity index (χ4n) is 1.71. The van der Waals surface area contributed by atoms with E-state index in [-0.39, 0.29) is 5.75 Å². The molecule has 2 aromatic rings. The average molecular weight is 282 g/mol. The average Bonchev–Trinajstić information content (AvgIpc) is 2.35. The highest BCUT2D eigenvalue weighted by Crippen LogP contribution is 2.26. The summed E-state index contributed by atoms with van der Waals surface area (Å²) in [5.74, 6) is 0.0872. The van der Waals surface area contributed by atoms with Gasteiger partial charge in [-0.2, -0.15) is 0 Å². The lowest BCUT2D eigenvalue weighted by Crippen LogP contribution is -2.00. The van der Waals surface area contributed by atoms with Crippen LogP contribution < -0.4 is 10.1 Å². The first-order chi connectivity index (χ1) is 9.08. The molecule has 0 spiro atoms. The van der Waals surface area contributed by atoms with Crippen LogP contribution in [0.3, 0.4) is 0 Å². The van der Waals surface area contributed by atoms with E-state index < -0.39 is 5.82 Å². The highest BCUT2D eigenvalue weighted by molar-refractivity contribution is 6.30. The summed E-state index contributed by atoms with van der Waals surface area (Å²) in [4.78, 5) is 0. The van der Waals surface area contributed by atoms with Crippen molar-refractivity contribution in [1.82, 2.24) is 0 Å². The van der Waals surface area contributed by atoms with Crippen molar-refractivity contribution in [1.29, 1.82) is 0 Å². The molecule has 0 aliphatic heterocycles. The summed E-state index contributed by atoms with van der Waals surface area (Å²) in [7, 11) is 1.49. The molecule has 2 aromatic carbocycles. The van der Waals surface area contributed by atoms with Gasteiger partial charge in [-0.1, -0.05) is 17.7 Å². The minimum absolute atomic E-state index is 0.0686. The minimum Gasteiger partial charge on any atom is -0.504 e. The van der Waals surface area contributed by atoms with Gasteiger partial charge < -0.3 is 15.2 Å². The highest BCUT2D eigenvalue weighted by atomic mass is 35.5. The van der Waals surface area contributed by atoms with E-state index in [2.05, 4.69) is 5.32 Å². The molecular weight excluding hydrogens is 269 g/mol. The molecule has 2 rings (SSSR count). The Morgan fingerprint density at radius 1 is 1.26 bits per heavy atom. The second kappa shape index (κ2) is 5.80. The van der Waals surface area contributed by atoms with Gasteiger partial charge in [-0.15, -0.1) is 0 Å². The van der Waals surface area contributed by atoms with Crippen molar-refractivity contribution in [2.24, 2.45) is 0 Å². The first-order valence-corrected chi connectivity index (χ1v) is 6.02. The predicted molar refractivity (Wildman–Crippen MR) is 73.4 cm³/mol. The number of benzene rings is 2. The number of phenolic OH excluding ortho intramolecular Hbond substituents is 1. The van der Waals surface area contributed by atoms with E-state index in [0.717, 1.165) is 5.56 Å². The van der Waals surface area contributed by atoms with Crippen LogP contribution in [0, 0.1) is 5.82 Å². The van der Waals surface area contributed by atoms with Crippen molar-refractivity contribution >= 4 is 17.3 Å². The Kier molecular flexibility index (Phi) is 4.12. The fraction of sp³-hybridized carbons (Fsp3) is 0.143. The number of ether oxygens (including phenoxy) is 1. The lowest BCUT2D eigenvalue weighted by molar-refractivity contribution is 0.373. The molecule has 19 heavy (non-hydrogen) atoms. The number of methoxy groups -OCH3 is 1. The molecule has 100 valence electrons. The van der Waals surface area contributed by atoms with Crippen molar-refractivity contribution in [2.75, 3.05) is 12.4 Å². The minimum atomic E-state index is -0.396. The van der Waals surface area contributed by atoms with Crippen LogP contribution in [0.5, 0.6) is 11.5 Å². The van der Waals surface area contributed by atoms with Gasteiger partial charge in [-0.3, -0.25) is 0 Å². The number of phenols is 1. The third kappa shape index (κ3) is 3.51. The van der Waals surface area contributed by atoms with E-state index in [0.29, 0.717) is 23.0 Å². The van der Waals surface area contributed by atoms with Crippen LogP contribution in [0.2, 0.25) is 5.02 Å². The Labute approximate surface area is 115 Å². The molecule has 0 aliphatic carbocycles. The maximum absolute atomic E-state index is 13.1. The molecule has 0 saturated carbocycles. The van der Waals surface area contributed by atoms with Gasteiger partial charge in [0, 0.05) is 17.3 Å². The van der Waals surface area contributed by atoms with Crippen LogP contribution in [0.15, 0.2) is 36.4 Å². The first kappa shape index (κ1) is 13.5. The molecule has 5 heteroatoms. The van der Waals surface area contributed by atoms with Crippen LogP contribution in [-0.2, 0) is 6.54 Å². The van der Waals surface area contributed by atoms with Gasteiger partial charge >= 0.3 is 0 Å². The monoisotopic (exact) mass is 281 g/mol. The molecule has 0 fully saturated rings. The van der Waals surface area contributed by atoms with Gasteiger partial charge in [0.25, 0.3) is 0 Å². The quantitative estimate of drug-likeness (QED) is 0.895. The molecule has 0 aliphatic rings. The van der Waals surface area contributed by atoms with Crippen molar-refractivity contribution in [3.05, 3.63) is 52.8 Å². The van der Waals surface area contributed by atoms with Gasteiger partial charge in [-0.25, -0.2) is 4.39 Å². The number of halogens is 2. The third-order valence-corrected chi connectivity index (χ3v) is 2.82. The Hall–Kier alpha value is -1.94. The number of aromatic hydroxyl groups is 1. The molecule has 0 heterocycles. The van der Waals surface area contributed by atoms with E-state index in [1.54, 1.807) is 18.2 Å². The SMILES string of the molecule is COc1ccc(CNc2cc(F)cc(Cl)c2)cc1O. The number of hydrogen-bond acceptors (Lipinski definition) is 3. The number of nitrogens with one attached hydrogen (secondary N) is 1. The van der Waals surface area contributed by atoms with Gasteiger partial charge in [-0.05, 0) is 35.9 Å². The van der Waals surface area contributed by atoms with Crippen LogP contribution in [-0.4, -0.2) is 12.2 Å². The predicted octanol–water partition coefficient (Wildman–Crippen LogP) is 3.81. The van der Waals surface area contributed by atoms with E-state index in [1.807, 2.05) is 6.07 Å². The number of anilines is 1. The largest absolute Gasteiger partial charge is 0.504 e. The molecule has 0 aromatic heterocycles. The molecule has 2 N–H and O–H groups in total. The molecule has 0 amide bonds. The summed E-state index contributed by atoms with van der Waals surface area (Å²) >= 11 is 5.76. The van der Waals surface area contributed by atoms with Crippen LogP contribution in [0.25, 0.3) is 0 Å². The second-order valence-corrected chi connectivity index (χ2v) is 4.45. The summed E-state index contributed by atoms with van der Waals surface area (Å²) < 4.78 is 18.1. The van der Waals surface area contributed by atoms with Crippen molar-refractivity contribution in [3.63, 3.8) is 0 Å². The molecule has 3 nitrogen and oxygen atoms in total. The Morgan fingerprint density at radius 2 is 2.05 bits per heavy atom. The third-order valence-electron chi connectivity index (χ3n) is 2.60. The normalized spacial score (nSPS) is 10.3. The van der Waals surface area contributed by atoms with Gasteiger partial charge in [0.1, 0.15) is 5.82 Å². The van der Waals surface area contributed by atoms with Gasteiger partial charge in [0.15, 0.2) is 11.5 Å². The van der Waals surface area contributed by atoms with E-state index in [4.69, 9.17) is 16.3 Å². The Morgan fingerprint density at radius 3 is 2.68 bits per heavy atom. The lowest BCUT2D eigenvalue weighted by Gasteiger charge is -2.09. The summed E-state index contributed by atoms with van der Waals surface area (Å²) in [6.45, 7) is 0.442. The Balaban J connectivity index is 2.08. The lowest BCUT2D eigenvalue weighted by atomic mass is 10.2. The highest BCUT2D eigenvalue weighted by Gasteiger charge is 2.03. The molecule has 0 atom stereocenters. The summed E-state index contributed by atoms with van der Waals surface area (Å²) in [5.41, 5.74) is 1.43. The smallest absolute Gasteiger partial charge is 0.160 e. The second-order valence-electron chi connectivity index (χ2n) is 4.02. The van der Waals surface area contributed by atoms with Crippen LogP contribution in [0.4, 0.5) is 10.1 Å². The van der Waals surface area contributed by atoms with Crippen LogP contribution >= 0.6 is 11.6 Å². The molecule has 0 unspecified atom stereocenters. The molecule has 0 bridgehead atoms. The van der Waals surface area contributed by atoms with Crippen molar-refractivity contribution in [2.45, 2.75) is 6.54 Å². The van der Waals surface area contributed by atoms with E-state index in [9.17, 15) is 9.50 Å². The summed E-state index contributed by atoms with van der Waals surface area (Å²) in [6, 6.07) is 9.30. The molecule has 0 saturated heterocycles. The zero-order valence-corrected chi connectivity index (χ0v) is 11.0. The molecule has 0 radical (unpaired) electrons. The standard InChI is InChI=1S/C14H13ClFNO2/c1-19-14-3-2-9(4-13(14)18)8-17-12-6-10(15)5-11(16)7-12/h2-7,17-18H,8H2,1H3. The number of hydrogen-bond donors (Lipinski definition) is 2. The van der Waals surface area contributed by atoms with Crippen molar-refractivity contribution in [3.8, 4) is 11.5 Å². The fourth-order valence-corrected chi connectivity index (χ4v) is 1.93. The van der Waals surface area contributed by atoms with Crippen molar-refractivity contribution < 1.29 is 14.2 Å². The van der Waals surface area contributed by atoms with Gasteiger partial charge in [0.2, 0.25) is 0 Å². The Bertz CT molecular complexity index is 569. The van der Waals surface area contributed by atoms with E-state index in [1.165, 1.54) is 19.2 Å². The maximum Gasteiger partial charge on any atom is 0.160 e. The summed E-state index contributed by atoms with van der Waals surface area (Å²) in [5, 5.41) is 13.0. The first-order valence-electron chi connectivity index (χ1n) is 5.64. The van der Waals surface area contributed by atoms with Crippen LogP contribution in [0.1, 0.15) is 5.56 Å². The zero-order chi connectivity index (χ0) is 13.8.